The molecule has 0 bridgehead atoms. The van der Waals surface area contributed by atoms with Gasteiger partial charge in [-0.1, -0.05) is 19.9 Å². The van der Waals surface area contributed by atoms with Crippen LogP contribution in [0, 0.1) is 16.7 Å². The molecule has 0 aliphatic rings. The van der Waals surface area contributed by atoms with E-state index in [0.29, 0.717) is 6.42 Å². The maximum Gasteiger partial charge on any atom is 0.259 e. The van der Waals surface area contributed by atoms with Gasteiger partial charge in [0.25, 0.3) is 8.45 Å². The number of nitrogens with zero attached hydrogens (tertiary/aromatic N) is 5. The van der Waals surface area contributed by atoms with Crippen molar-refractivity contribution in [3.8, 4) is 6.07 Å². The second kappa shape index (κ2) is 8.77. The Balaban J connectivity index is 2.35. The van der Waals surface area contributed by atoms with Crippen molar-refractivity contribution < 1.29 is 4.52 Å². The van der Waals surface area contributed by atoms with Crippen LogP contribution in [0.5, 0.6) is 0 Å². The SMILES string of the molecule is C=CCC(CC)(CC)C(CC#N)OP(n1ccnc1)n1ccnc1. The molecule has 2 rings (SSSR count). The van der Waals surface area contributed by atoms with Crippen LogP contribution in [-0.2, 0) is 4.52 Å². The molecule has 7 heteroatoms. The van der Waals surface area contributed by atoms with E-state index in [9.17, 15) is 5.26 Å². The van der Waals surface area contributed by atoms with E-state index in [-0.39, 0.29) is 11.5 Å². The number of hydrogen-bond acceptors (Lipinski definition) is 4. The van der Waals surface area contributed by atoms with Crippen molar-refractivity contribution in [3.63, 3.8) is 0 Å². The first-order chi connectivity index (χ1) is 11.7. The summed E-state index contributed by atoms with van der Waals surface area (Å²) in [5.74, 6) is 0. The zero-order valence-corrected chi connectivity index (χ0v) is 15.1. The molecular formula is C17H24N5OP. The Kier molecular flexibility index (Phi) is 6.72. The van der Waals surface area contributed by atoms with Crippen LogP contribution >= 0.6 is 8.45 Å². The van der Waals surface area contributed by atoms with Crippen LogP contribution < -0.4 is 0 Å². The summed E-state index contributed by atoms with van der Waals surface area (Å²) in [5, 5.41) is 9.35. The third-order valence-electron chi connectivity index (χ3n) is 4.52. The summed E-state index contributed by atoms with van der Waals surface area (Å²) >= 11 is 0. The average Bonchev–Trinajstić information content (AvgIpc) is 3.30. The Hall–Kier alpha value is -1.96. The van der Waals surface area contributed by atoms with Crippen molar-refractivity contribution in [2.45, 2.75) is 45.6 Å². The van der Waals surface area contributed by atoms with Gasteiger partial charge in [0.2, 0.25) is 0 Å². The van der Waals surface area contributed by atoms with Crippen LogP contribution in [0.1, 0.15) is 39.5 Å². The topological polar surface area (TPSA) is 68.7 Å². The smallest absolute Gasteiger partial charge is 0.259 e. The van der Waals surface area contributed by atoms with Crippen molar-refractivity contribution in [1.82, 2.24) is 18.6 Å². The van der Waals surface area contributed by atoms with Gasteiger partial charge in [-0.25, -0.2) is 9.97 Å². The van der Waals surface area contributed by atoms with Gasteiger partial charge in [-0.05, 0) is 19.3 Å². The molecule has 2 aromatic rings. The Morgan fingerprint density at radius 2 is 1.83 bits per heavy atom. The Morgan fingerprint density at radius 1 is 1.25 bits per heavy atom. The Bertz CT molecular complexity index is 609. The molecule has 2 aromatic heterocycles. The summed E-state index contributed by atoms with van der Waals surface area (Å²) in [4.78, 5) is 8.26. The summed E-state index contributed by atoms with van der Waals surface area (Å²) in [7, 11) is -1.19. The molecule has 0 aliphatic carbocycles. The highest BCUT2D eigenvalue weighted by molar-refractivity contribution is 7.49. The van der Waals surface area contributed by atoms with Crippen molar-refractivity contribution in [1.29, 1.82) is 5.26 Å². The molecule has 0 spiro atoms. The molecule has 1 atom stereocenters. The van der Waals surface area contributed by atoms with Crippen molar-refractivity contribution in [3.05, 3.63) is 50.1 Å². The standard InChI is InChI=1S/C17H24N5OP/c1-4-8-17(5-2,6-3)16(7-9-18)23-24(21-12-10-19-14-21)22-13-11-20-15-22/h4,10-16H,1,5-8H2,2-3H3. The van der Waals surface area contributed by atoms with Gasteiger partial charge in [-0.15, -0.1) is 6.58 Å². The fourth-order valence-electron chi connectivity index (χ4n) is 2.91. The van der Waals surface area contributed by atoms with Crippen LogP contribution in [-0.4, -0.2) is 24.7 Å². The van der Waals surface area contributed by atoms with Gasteiger partial charge >= 0.3 is 0 Å². The Morgan fingerprint density at radius 3 is 2.21 bits per heavy atom. The minimum atomic E-state index is -1.19. The second-order valence-electron chi connectivity index (χ2n) is 5.66. The fraction of sp³-hybridized carbons (Fsp3) is 0.471. The fourth-order valence-corrected chi connectivity index (χ4v) is 4.54. The number of allylic oxidation sites excluding steroid dienone is 1. The van der Waals surface area contributed by atoms with Crippen LogP contribution in [0.4, 0.5) is 0 Å². The minimum absolute atomic E-state index is 0.0980. The number of nitriles is 1. The quantitative estimate of drug-likeness (QED) is 0.473. The summed E-state index contributed by atoms with van der Waals surface area (Å²) in [6.07, 6.45) is 15.5. The summed E-state index contributed by atoms with van der Waals surface area (Å²) < 4.78 is 10.4. The highest BCUT2D eigenvalue weighted by Crippen LogP contribution is 2.48. The van der Waals surface area contributed by atoms with E-state index >= 15 is 0 Å². The zero-order chi connectivity index (χ0) is 17.4. The summed E-state index contributed by atoms with van der Waals surface area (Å²) in [6, 6.07) is 2.30. The number of aromatic nitrogens is 4. The first kappa shape index (κ1) is 18.4. The molecule has 24 heavy (non-hydrogen) atoms. The molecule has 1 unspecified atom stereocenters. The van der Waals surface area contributed by atoms with E-state index < -0.39 is 8.45 Å². The summed E-state index contributed by atoms with van der Waals surface area (Å²) in [5.41, 5.74) is -0.0980. The monoisotopic (exact) mass is 345 g/mol. The zero-order valence-electron chi connectivity index (χ0n) is 14.2. The molecule has 0 fully saturated rings. The predicted molar refractivity (Wildman–Crippen MR) is 95.1 cm³/mol. The highest BCUT2D eigenvalue weighted by atomic mass is 31.2. The number of hydrogen-bond donors (Lipinski definition) is 0. The molecule has 128 valence electrons. The molecule has 2 heterocycles. The molecule has 6 nitrogen and oxygen atoms in total. The van der Waals surface area contributed by atoms with Crippen LogP contribution in [0.3, 0.4) is 0 Å². The molecule has 0 saturated heterocycles. The van der Waals surface area contributed by atoms with Crippen LogP contribution in [0.25, 0.3) is 0 Å². The maximum absolute atomic E-state index is 9.35. The largest absolute Gasteiger partial charge is 0.317 e. The van der Waals surface area contributed by atoms with E-state index in [0.717, 1.165) is 19.3 Å². The van der Waals surface area contributed by atoms with Crippen LogP contribution in [0.15, 0.2) is 50.1 Å². The normalized spacial score (nSPS) is 12.9. The minimum Gasteiger partial charge on any atom is -0.317 e. The maximum atomic E-state index is 9.35. The molecule has 0 aliphatic heterocycles. The lowest BCUT2D eigenvalue weighted by molar-refractivity contribution is 0.0502. The van der Waals surface area contributed by atoms with Gasteiger partial charge in [0.15, 0.2) is 0 Å². The second-order valence-corrected chi connectivity index (χ2v) is 7.30. The van der Waals surface area contributed by atoms with Crippen molar-refractivity contribution in [2.24, 2.45) is 5.41 Å². The first-order valence-electron chi connectivity index (χ1n) is 8.12. The van der Waals surface area contributed by atoms with E-state index in [1.54, 1.807) is 25.0 Å². The van der Waals surface area contributed by atoms with Gasteiger partial charge < -0.3 is 4.52 Å². The van der Waals surface area contributed by atoms with Crippen molar-refractivity contribution in [2.75, 3.05) is 0 Å². The lowest BCUT2D eigenvalue weighted by Gasteiger charge is -2.39. The van der Waals surface area contributed by atoms with Gasteiger partial charge in [-0.3, -0.25) is 8.68 Å². The molecule has 0 radical (unpaired) electrons. The first-order valence-corrected chi connectivity index (χ1v) is 9.28. The van der Waals surface area contributed by atoms with Crippen molar-refractivity contribution >= 4 is 8.45 Å². The third-order valence-corrected chi connectivity index (χ3v) is 6.22. The molecule has 0 saturated carbocycles. The highest BCUT2D eigenvalue weighted by Gasteiger charge is 2.38. The average molecular weight is 345 g/mol. The number of imidazole rings is 2. The Labute approximate surface area is 144 Å². The van der Waals surface area contributed by atoms with E-state index in [1.807, 2.05) is 27.1 Å². The molecule has 0 aromatic carbocycles. The third kappa shape index (κ3) is 3.92. The molecule has 0 amide bonds. The van der Waals surface area contributed by atoms with Gasteiger partial charge in [0, 0.05) is 30.2 Å². The van der Waals surface area contributed by atoms with E-state index in [4.69, 9.17) is 4.52 Å². The molecular weight excluding hydrogens is 321 g/mol. The lowest BCUT2D eigenvalue weighted by atomic mass is 9.73. The van der Waals surface area contributed by atoms with E-state index in [2.05, 4.69) is 36.5 Å². The number of rotatable bonds is 10. The summed E-state index contributed by atoms with van der Waals surface area (Å²) in [6.45, 7) is 8.20. The van der Waals surface area contributed by atoms with Crippen LogP contribution in [0.2, 0.25) is 0 Å². The van der Waals surface area contributed by atoms with E-state index in [1.165, 1.54) is 0 Å². The molecule has 0 N–H and O–H groups in total. The van der Waals surface area contributed by atoms with Gasteiger partial charge in [0.1, 0.15) is 12.7 Å². The predicted octanol–water partition coefficient (Wildman–Crippen LogP) is 4.38. The van der Waals surface area contributed by atoms with Gasteiger partial charge in [-0.2, -0.15) is 5.26 Å². The van der Waals surface area contributed by atoms with Gasteiger partial charge in [0.05, 0.1) is 18.6 Å². The lowest BCUT2D eigenvalue weighted by Crippen LogP contribution is -2.35.